The third kappa shape index (κ3) is 3.41. The van der Waals surface area contributed by atoms with Crippen molar-refractivity contribution in [1.82, 2.24) is 20.1 Å². The second-order valence-electron chi connectivity index (χ2n) is 6.19. The minimum atomic E-state index is -0.173. The number of rotatable bonds is 5. The van der Waals surface area contributed by atoms with Crippen LogP contribution < -0.4 is 5.73 Å². The second kappa shape index (κ2) is 6.93. The van der Waals surface area contributed by atoms with Crippen LogP contribution in [-0.2, 0) is 6.42 Å². The number of benzene rings is 2. The summed E-state index contributed by atoms with van der Waals surface area (Å²) in [6, 6.07) is 17.9. The van der Waals surface area contributed by atoms with Gasteiger partial charge in [0, 0.05) is 12.5 Å². The number of nitrogens with one attached hydrogen (secondary N) is 1. The Bertz CT molecular complexity index is 988. The topological polar surface area (TPSA) is 93.6 Å². The molecule has 26 heavy (non-hydrogen) atoms. The first-order chi connectivity index (χ1) is 12.7. The minimum absolute atomic E-state index is 0.173. The van der Waals surface area contributed by atoms with Crippen LogP contribution in [0.15, 0.2) is 65.3 Å². The van der Waals surface area contributed by atoms with Crippen molar-refractivity contribution in [2.24, 2.45) is 5.73 Å². The molecule has 6 heteroatoms. The Morgan fingerprint density at radius 2 is 1.77 bits per heavy atom. The predicted molar refractivity (Wildman–Crippen MR) is 99.1 cm³/mol. The molecule has 0 bridgehead atoms. The van der Waals surface area contributed by atoms with Crippen molar-refractivity contribution in [1.29, 1.82) is 0 Å². The van der Waals surface area contributed by atoms with Crippen LogP contribution in [0.5, 0.6) is 0 Å². The van der Waals surface area contributed by atoms with Crippen molar-refractivity contribution in [3.05, 3.63) is 78.1 Å². The van der Waals surface area contributed by atoms with Crippen molar-refractivity contribution < 1.29 is 4.52 Å². The molecule has 130 valence electrons. The molecule has 0 unspecified atom stereocenters. The summed E-state index contributed by atoms with van der Waals surface area (Å²) in [5, 5.41) is 3.93. The van der Waals surface area contributed by atoms with E-state index in [-0.39, 0.29) is 6.04 Å². The number of hydrogen-bond acceptors (Lipinski definition) is 5. The molecule has 0 saturated carbocycles. The molecule has 0 saturated heterocycles. The van der Waals surface area contributed by atoms with E-state index in [1.54, 1.807) is 6.92 Å². The monoisotopic (exact) mass is 345 g/mol. The predicted octanol–water partition coefficient (Wildman–Crippen LogP) is 3.68. The maximum atomic E-state index is 6.30. The van der Waals surface area contributed by atoms with Crippen LogP contribution in [0.4, 0.5) is 0 Å². The van der Waals surface area contributed by atoms with E-state index in [1.807, 2.05) is 48.7 Å². The summed E-state index contributed by atoms with van der Waals surface area (Å²) < 4.78 is 5.02. The van der Waals surface area contributed by atoms with Crippen LogP contribution in [0.25, 0.3) is 22.6 Å². The molecule has 3 N–H and O–H groups in total. The molecule has 4 rings (SSSR count). The standard InChI is InChI=1S/C20H19N5O/c1-13-23-19(25-26-13)16-9-7-15(8-10-16)18-12-22-20(24-18)17(21)11-14-5-3-2-4-6-14/h2-10,12,17H,11,21H2,1H3,(H,22,24)/t17-/m0/s1. The highest BCUT2D eigenvalue weighted by molar-refractivity contribution is 5.64. The van der Waals surface area contributed by atoms with Crippen LogP contribution in [-0.4, -0.2) is 20.1 Å². The van der Waals surface area contributed by atoms with Crippen LogP contribution in [0.3, 0.4) is 0 Å². The smallest absolute Gasteiger partial charge is 0.223 e. The number of aryl methyl sites for hydroxylation is 1. The Kier molecular flexibility index (Phi) is 4.33. The van der Waals surface area contributed by atoms with Crippen LogP contribution in [0.2, 0.25) is 0 Å². The summed E-state index contributed by atoms with van der Waals surface area (Å²) in [6.07, 6.45) is 2.55. The maximum Gasteiger partial charge on any atom is 0.223 e. The molecular weight excluding hydrogens is 326 g/mol. The molecule has 0 aliphatic rings. The Morgan fingerprint density at radius 3 is 2.46 bits per heavy atom. The highest BCUT2D eigenvalue weighted by atomic mass is 16.5. The van der Waals surface area contributed by atoms with Crippen molar-refractivity contribution in [3.63, 3.8) is 0 Å². The molecule has 2 aromatic carbocycles. The first-order valence-electron chi connectivity index (χ1n) is 8.44. The lowest BCUT2D eigenvalue weighted by molar-refractivity contribution is 0.394. The van der Waals surface area contributed by atoms with Crippen LogP contribution in [0, 0.1) is 6.92 Å². The van der Waals surface area contributed by atoms with E-state index in [4.69, 9.17) is 10.3 Å². The van der Waals surface area contributed by atoms with Crippen molar-refractivity contribution in [2.45, 2.75) is 19.4 Å². The van der Waals surface area contributed by atoms with Gasteiger partial charge in [0.15, 0.2) is 0 Å². The number of nitrogens with two attached hydrogens (primary N) is 1. The lowest BCUT2D eigenvalue weighted by atomic mass is 10.1. The lowest BCUT2D eigenvalue weighted by Gasteiger charge is -2.08. The molecule has 0 fully saturated rings. The fraction of sp³-hybridized carbons (Fsp3) is 0.150. The summed E-state index contributed by atoms with van der Waals surface area (Å²) in [6.45, 7) is 1.77. The summed E-state index contributed by atoms with van der Waals surface area (Å²) in [5.41, 5.74) is 10.4. The fourth-order valence-corrected chi connectivity index (χ4v) is 2.85. The SMILES string of the molecule is Cc1nc(-c2ccc(-c3cnc([C@@H](N)Cc4ccccc4)[nH]3)cc2)no1. The van der Waals surface area contributed by atoms with E-state index in [9.17, 15) is 0 Å². The van der Waals surface area contributed by atoms with Gasteiger partial charge in [-0.05, 0) is 17.5 Å². The van der Waals surface area contributed by atoms with Gasteiger partial charge in [-0.3, -0.25) is 0 Å². The van der Waals surface area contributed by atoms with Crippen LogP contribution in [0.1, 0.15) is 23.3 Å². The van der Waals surface area contributed by atoms with Gasteiger partial charge in [0.25, 0.3) is 0 Å². The van der Waals surface area contributed by atoms with Gasteiger partial charge in [0.05, 0.1) is 17.9 Å². The van der Waals surface area contributed by atoms with E-state index >= 15 is 0 Å². The highest BCUT2D eigenvalue weighted by Gasteiger charge is 2.12. The van der Waals surface area contributed by atoms with E-state index in [1.165, 1.54) is 5.56 Å². The molecule has 2 heterocycles. The number of aromatic nitrogens is 4. The zero-order valence-corrected chi connectivity index (χ0v) is 14.4. The molecule has 2 aromatic heterocycles. The molecule has 4 aromatic rings. The first kappa shape index (κ1) is 16.2. The molecule has 0 spiro atoms. The Morgan fingerprint density at radius 1 is 1.04 bits per heavy atom. The van der Waals surface area contributed by atoms with Gasteiger partial charge in [-0.2, -0.15) is 4.98 Å². The quantitative estimate of drug-likeness (QED) is 0.575. The van der Waals surface area contributed by atoms with Gasteiger partial charge in [-0.1, -0.05) is 59.8 Å². The zero-order valence-electron chi connectivity index (χ0n) is 14.4. The number of nitrogens with zero attached hydrogens (tertiary/aromatic N) is 3. The first-order valence-corrected chi connectivity index (χ1v) is 8.44. The van der Waals surface area contributed by atoms with Crippen LogP contribution >= 0.6 is 0 Å². The van der Waals surface area contributed by atoms with Gasteiger partial charge in [0.1, 0.15) is 5.82 Å². The van der Waals surface area contributed by atoms with Gasteiger partial charge in [-0.15, -0.1) is 0 Å². The van der Waals surface area contributed by atoms with Gasteiger partial charge in [-0.25, -0.2) is 4.98 Å². The number of imidazole rings is 1. The number of hydrogen-bond donors (Lipinski definition) is 2. The summed E-state index contributed by atoms with van der Waals surface area (Å²) in [4.78, 5) is 12.0. The summed E-state index contributed by atoms with van der Waals surface area (Å²) in [7, 11) is 0. The summed E-state index contributed by atoms with van der Waals surface area (Å²) >= 11 is 0. The van der Waals surface area contributed by atoms with E-state index < -0.39 is 0 Å². The number of H-pyrrole nitrogens is 1. The molecule has 0 radical (unpaired) electrons. The largest absolute Gasteiger partial charge is 0.341 e. The molecular formula is C20H19N5O. The normalized spacial score (nSPS) is 12.2. The van der Waals surface area contributed by atoms with Crippen molar-refractivity contribution >= 4 is 0 Å². The zero-order chi connectivity index (χ0) is 17.9. The second-order valence-corrected chi connectivity index (χ2v) is 6.19. The fourth-order valence-electron chi connectivity index (χ4n) is 2.85. The third-order valence-corrected chi connectivity index (χ3v) is 4.23. The molecule has 0 aliphatic heterocycles. The third-order valence-electron chi connectivity index (χ3n) is 4.23. The Hall–Kier alpha value is -3.25. The minimum Gasteiger partial charge on any atom is -0.341 e. The summed E-state index contributed by atoms with van der Waals surface area (Å²) in [5.74, 6) is 1.92. The molecule has 1 atom stereocenters. The lowest BCUT2D eigenvalue weighted by Crippen LogP contribution is -2.14. The molecule has 0 aliphatic carbocycles. The van der Waals surface area contributed by atoms with Gasteiger partial charge in [0.2, 0.25) is 11.7 Å². The maximum absolute atomic E-state index is 6.30. The average molecular weight is 345 g/mol. The number of aromatic amines is 1. The van der Waals surface area contributed by atoms with E-state index in [0.717, 1.165) is 29.1 Å². The van der Waals surface area contributed by atoms with E-state index in [2.05, 4.69) is 32.2 Å². The molecule has 0 amide bonds. The molecule has 6 nitrogen and oxygen atoms in total. The van der Waals surface area contributed by atoms with E-state index in [0.29, 0.717) is 11.7 Å². The highest BCUT2D eigenvalue weighted by Crippen LogP contribution is 2.23. The van der Waals surface area contributed by atoms with Crippen molar-refractivity contribution in [3.8, 4) is 22.6 Å². The Balaban J connectivity index is 1.50. The van der Waals surface area contributed by atoms with Gasteiger partial charge >= 0.3 is 0 Å². The van der Waals surface area contributed by atoms with Gasteiger partial charge < -0.3 is 15.2 Å². The Labute approximate surface area is 151 Å². The average Bonchev–Trinajstić information content (AvgIpc) is 3.32. The van der Waals surface area contributed by atoms with Crippen molar-refractivity contribution in [2.75, 3.05) is 0 Å².